The van der Waals surface area contributed by atoms with E-state index in [4.69, 9.17) is 11.1 Å². The number of carbonyl (C=O) groups is 1. The van der Waals surface area contributed by atoms with Crippen LogP contribution >= 0.6 is 11.3 Å². The second-order valence-corrected chi connectivity index (χ2v) is 5.52. The first-order chi connectivity index (χ1) is 9.00. The predicted octanol–water partition coefficient (Wildman–Crippen LogP) is 2.78. The number of aromatic nitrogens is 1. The second kappa shape index (κ2) is 5.32. The molecule has 3 N–H and O–H groups in total. The minimum absolute atomic E-state index is 0.129. The van der Waals surface area contributed by atoms with E-state index in [-0.39, 0.29) is 17.5 Å². The van der Waals surface area contributed by atoms with Crippen molar-refractivity contribution in [1.82, 2.24) is 4.98 Å². The Balaban J connectivity index is 2.49. The molecule has 5 heteroatoms. The molecule has 0 aliphatic rings. The van der Waals surface area contributed by atoms with Gasteiger partial charge in [-0.3, -0.25) is 10.2 Å². The van der Waals surface area contributed by atoms with E-state index < -0.39 is 0 Å². The summed E-state index contributed by atoms with van der Waals surface area (Å²) in [7, 11) is 0. The molecule has 0 atom stereocenters. The third-order valence-electron chi connectivity index (χ3n) is 2.63. The normalized spacial score (nSPS) is 10.7. The lowest BCUT2D eigenvalue weighted by atomic mass is 10.1. The summed E-state index contributed by atoms with van der Waals surface area (Å²) in [5.41, 5.74) is 6.40. The monoisotopic (exact) mass is 273 g/mol. The molecule has 0 saturated heterocycles. The van der Waals surface area contributed by atoms with Crippen LogP contribution in [0.4, 0.5) is 0 Å². The highest BCUT2D eigenvalue weighted by Crippen LogP contribution is 2.26. The number of nitrogens with zero attached hydrogens (tertiary/aromatic N) is 1. The Morgan fingerprint density at radius 2 is 1.95 bits per heavy atom. The van der Waals surface area contributed by atoms with Crippen LogP contribution in [0.25, 0.3) is 0 Å². The Morgan fingerprint density at radius 1 is 1.32 bits per heavy atom. The highest BCUT2D eigenvalue weighted by Gasteiger charge is 2.22. The molecule has 0 bridgehead atoms. The van der Waals surface area contributed by atoms with E-state index >= 15 is 0 Å². The molecule has 2 rings (SSSR count). The maximum atomic E-state index is 12.4. The van der Waals surface area contributed by atoms with Gasteiger partial charge in [0.05, 0.1) is 5.01 Å². The Bertz CT molecular complexity index is 617. The molecule has 1 aromatic heterocycles. The van der Waals surface area contributed by atoms with Gasteiger partial charge >= 0.3 is 0 Å². The molecule has 19 heavy (non-hydrogen) atoms. The Kier molecular flexibility index (Phi) is 3.76. The quantitative estimate of drug-likeness (QED) is 0.510. The number of thiazole rings is 1. The van der Waals surface area contributed by atoms with Gasteiger partial charge in [0.1, 0.15) is 16.4 Å². The van der Waals surface area contributed by atoms with Crippen molar-refractivity contribution in [3.05, 3.63) is 51.5 Å². The van der Waals surface area contributed by atoms with Crippen molar-refractivity contribution in [3.8, 4) is 0 Å². The zero-order valence-electron chi connectivity index (χ0n) is 10.8. The van der Waals surface area contributed by atoms with E-state index in [1.165, 1.54) is 11.3 Å². The molecular formula is C14H15N3OS. The van der Waals surface area contributed by atoms with Crippen LogP contribution in [0.15, 0.2) is 30.3 Å². The van der Waals surface area contributed by atoms with Crippen LogP contribution in [-0.2, 0) is 0 Å². The fraction of sp³-hybridized carbons (Fsp3) is 0.214. The van der Waals surface area contributed by atoms with Gasteiger partial charge in [-0.05, 0) is 0 Å². The molecule has 0 amide bonds. The molecular weight excluding hydrogens is 258 g/mol. The number of nitrogen functional groups attached to an aromatic ring is 1. The van der Waals surface area contributed by atoms with Crippen LogP contribution in [0.2, 0.25) is 0 Å². The fourth-order valence-electron chi connectivity index (χ4n) is 1.64. The number of nitrogens with two attached hydrogens (primary N) is 1. The SMILES string of the molecule is CC(C)c1nc(C(=N)N)c(C(=O)c2ccccc2)s1. The van der Waals surface area contributed by atoms with Crippen LogP contribution in [0.3, 0.4) is 0 Å². The number of ketones is 1. The van der Waals surface area contributed by atoms with Crippen molar-refractivity contribution in [2.75, 3.05) is 0 Å². The third kappa shape index (κ3) is 2.71. The molecule has 4 nitrogen and oxygen atoms in total. The summed E-state index contributed by atoms with van der Waals surface area (Å²) in [6.45, 7) is 4.00. The number of carbonyl (C=O) groups excluding carboxylic acids is 1. The summed E-state index contributed by atoms with van der Waals surface area (Å²) in [5, 5.41) is 8.38. The predicted molar refractivity (Wildman–Crippen MR) is 77.1 cm³/mol. The van der Waals surface area contributed by atoms with E-state index in [9.17, 15) is 4.79 Å². The summed E-state index contributed by atoms with van der Waals surface area (Å²) in [5.74, 6) is -0.0851. The maximum Gasteiger partial charge on any atom is 0.205 e. The van der Waals surface area contributed by atoms with Crippen molar-refractivity contribution in [2.24, 2.45) is 5.73 Å². The molecule has 0 fully saturated rings. The average Bonchev–Trinajstić information content (AvgIpc) is 2.84. The molecule has 0 spiro atoms. The summed E-state index contributed by atoms with van der Waals surface area (Å²) in [6, 6.07) is 8.98. The maximum absolute atomic E-state index is 12.4. The van der Waals surface area contributed by atoms with Crippen molar-refractivity contribution in [2.45, 2.75) is 19.8 Å². The van der Waals surface area contributed by atoms with Gasteiger partial charge in [-0.1, -0.05) is 44.2 Å². The molecule has 0 unspecified atom stereocenters. The minimum atomic E-state index is -0.164. The number of rotatable bonds is 4. The van der Waals surface area contributed by atoms with Crippen LogP contribution in [-0.4, -0.2) is 16.6 Å². The van der Waals surface area contributed by atoms with E-state index in [2.05, 4.69) is 4.98 Å². The van der Waals surface area contributed by atoms with Crippen molar-refractivity contribution in [1.29, 1.82) is 5.41 Å². The minimum Gasteiger partial charge on any atom is -0.382 e. The summed E-state index contributed by atoms with van der Waals surface area (Å²) < 4.78 is 0. The van der Waals surface area contributed by atoms with Crippen molar-refractivity contribution >= 4 is 23.0 Å². The van der Waals surface area contributed by atoms with E-state index in [0.717, 1.165) is 5.01 Å². The highest BCUT2D eigenvalue weighted by molar-refractivity contribution is 7.14. The zero-order valence-corrected chi connectivity index (χ0v) is 11.6. The molecule has 0 aliphatic carbocycles. The average molecular weight is 273 g/mol. The number of benzene rings is 1. The van der Waals surface area contributed by atoms with Crippen molar-refractivity contribution < 1.29 is 4.79 Å². The molecule has 98 valence electrons. The summed E-state index contributed by atoms with van der Waals surface area (Å²) >= 11 is 1.32. The summed E-state index contributed by atoms with van der Waals surface area (Å²) in [4.78, 5) is 17.2. The van der Waals surface area contributed by atoms with Gasteiger partial charge < -0.3 is 5.73 Å². The molecule has 2 aromatic rings. The standard InChI is InChI=1S/C14H15N3OS/c1-8(2)14-17-10(13(15)16)12(19-14)11(18)9-6-4-3-5-7-9/h3-8H,1-2H3,(H3,15,16). The zero-order chi connectivity index (χ0) is 14.0. The first kappa shape index (κ1) is 13.4. The molecule has 1 aromatic carbocycles. The first-order valence-electron chi connectivity index (χ1n) is 5.95. The van der Waals surface area contributed by atoms with E-state index in [1.54, 1.807) is 12.1 Å². The molecule has 0 radical (unpaired) electrons. The van der Waals surface area contributed by atoms with Gasteiger partial charge in [0.25, 0.3) is 0 Å². The smallest absolute Gasteiger partial charge is 0.205 e. The van der Waals surface area contributed by atoms with Gasteiger partial charge in [0, 0.05) is 11.5 Å². The number of hydrogen-bond donors (Lipinski definition) is 2. The Labute approximate surface area is 115 Å². The Morgan fingerprint density at radius 3 is 2.47 bits per heavy atom. The lowest BCUT2D eigenvalue weighted by Crippen LogP contribution is -2.16. The van der Waals surface area contributed by atoms with Crippen LogP contribution in [0.1, 0.15) is 45.7 Å². The third-order valence-corrected chi connectivity index (χ3v) is 3.99. The topological polar surface area (TPSA) is 79.8 Å². The highest BCUT2D eigenvalue weighted by atomic mass is 32.1. The van der Waals surface area contributed by atoms with Gasteiger partial charge in [-0.25, -0.2) is 4.98 Å². The number of hydrogen-bond acceptors (Lipinski definition) is 4. The van der Waals surface area contributed by atoms with Gasteiger partial charge in [-0.15, -0.1) is 11.3 Å². The molecule has 0 saturated carbocycles. The van der Waals surface area contributed by atoms with Gasteiger partial charge in [-0.2, -0.15) is 0 Å². The fourth-order valence-corrected chi connectivity index (χ4v) is 2.69. The summed E-state index contributed by atoms with van der Waals surface area (Å²) in [6.07, 6.45) is 0. The van der Waals surface area contributed by atoms with Crippen molar-refractivity contribution in [3.63, 3.8) is 0 Å². The van der Waals surface area contributed by atoms with Crippen LogP contribution in [0, 0.1) is 5.41 Å². The lowest BCUT2D eigenvalue weighted by Gasteiger charge is -1.99. The van der Waals surface area contributed by atoms with E-state index in [1.807, 2.05) is 32.0 Å². The Hall–Kier alpha value is -2.01. The number of amidine groups is 1. The molecule has 0 aliphatic heterocycles. The van der Waals surface area contributed by atoms with E-state index in [0.29, 0.717) is 16.1 Å². The van der Waals surface area contributed by atoms with Crippen LogP contribution in [0.5, 0.6) is 0 Å². The second-order valence-electron chi connectivity index (χ2n) is 4.49. The largest absolute Gasteiger partial charge is 0.382 e. The van der Waals surface area contributed by atoms with Gasteiger partial charge in [0.15, 0.2) is 0 Å². The lowest BCUT2D eigenvalue weighted by molar-refractivity contribution is 0.104. The molecule has 1 heterocycles. The first-order valence-corrected chi connectivity index (χ1v) is 6.77. The number of nitrogens with one attached hydrogen (secondary N) is 1. The van der Waals surface area contributed by atoms with Gasteiger partial charge in [0.2, 0.25) is 5.78 Å². The van der Waals surface area contributed by atoms with Crippen LogP contribution < -0.4 is 5.73 Å².